The normalized spacial score (nSPS) is 15.8. The van der Waals surface area contributed by atoms with Gasteiger partial charge in [-0.1, -0.05) is 30.3 Å². The number of carbonyl (C=O) groups is 2. The van der Waals surface area contributed by atoms with Gasteiger partial charge >= 0.3 is 6.09 Å². The van der Waals surface area contributed by atoms with Gasteiger partial charge in [0.1, 0.15) is 5.60 Å². The summed E-state index contributed by atoms with van der Waals surface area (Å²) in [6, 6.07) is 9.13. The average molecular weight is 452 g/mol. The lowest BCUT2D eigenvalue weighted by Crippen LogP contribution is -2.43. The van der Waals surface area contributed by atoms with Crippen LogP contribution in [0.1, 0.15) is 45.6 Å². The molecule has 2 rings (SSSR count). The lowest BCUT2D eigenvalue weighted by molar-refractivity contribution is -0.132. The summed E-state index contributed by atoms with van der Waals surface area (Å²) in [5, 5.41) is 3.89. The highest BCUT2D eigenvalue weighted by Crippen LogP contribution is 2.17. The predicted octanol–water partition coefficient (Wildman–Crippen LogP) is 2.73. The van der Waals surface area contributed by atoms with Gasteiger partial charge in [0.25, 0.3) is 0 Å². The fraction of sp³-hybridized carbons (Fsp3) is 0.545. The molecule has 1 aromatic rings. The van der Waals surface area contributed by atoms with Crippen LogP contribution in [0, 0.1) is 5.92 Å². The minimum absolute atomic E-state index is 0.0560. The Morgan fingerprint density at radius 2 is 1.81 bits per heavy atom. The van der Waals surface area contributed by atoms with E-state index in [1.807, 2.05) is 51.1 Å². The maximum Gasteiger partial charge on any atom is 0.407 e. The molecule has 0 aromatic heterocycles. The Balaban J connectivity index is 1.66. The van der Waals surface area contributed by atoms with Gasteiger partial charge in [0.2, 0.25) is 15.9 Å². The quantitative estimate of drug-likeness (QED) is 0.632. The van der Waals surface area contributed by atoms with E-state index in [0.29, 0.717) is 19.6 Å². The molecule has 0 radical (unpaired) electrons. The number of nitrogens with one attached hydrogen (secondary N) is 2. The van der Waals surface area contributed by atoms with E-state index in [9.17, 15) is 18.0 Å². The molecule has 172 valence electrons. The second-order valence-corrected chi connectivity index (χ2v) is 10.3. The van der Waals surface area contributed by atoms with Gasteiger partial charge in [0.05, 0.1) is 0 Å². The Bertz CT molecular complexity index is 855. The zero-order valence-corrected chi connectivity index (χ0v) is 19.3. The van der Waals surface area contributed by atoms with Crippen molar-refractivity contribution in [2.24, 2.45) is 5.92 Å². The number of amides is 2. The zero-order valence-electron chi connectivity index (χ0n) is 18.5. The first kappa shape index (κ1) is 24.9. The maximum absolute atomic E-state index is 12.4. The average Bonchev–Trinajstić information content (AvgIpc) is 2.70. The largest absolute Gasteiger partial charge is 0.444 e. The molecule has 1 aliphatic heterocycles. The molecule has 2 amide bonds. The van der Waals surface area contributed by atoms with E-state index in [-0.39, 0.29) is 24.8 Å². The third kappa shape index (κ3) is 9.97. The van der Waals surface area contributed by atoms with Gasteiger partial charge in [-0.3, -0.25) is 4.79 Å². The van der Waals surface area contributed by atoms with Crippen LogP contribution < -0.4 is 10.0 Å². The third-order valence-electron chi connectivity index (χ3n) is 4.78. The number of carbonyl (C=O) groups excluding carboxylic acids is 2. The summed E-state index contributed by atoms with van der Waals surface area (Å²) >= 11 is 0. The molecule has 8 nitrogen and oxygen atoms in total. The van der Waals surface area contributed by atoms with Gasteiger partial charge in [0, 0.05) is 38.0 Å². The number of rotatable bonds is 8. The van der Waals surface area contributed by atoms with Crippen molar-refractivity contribution in [2.45, 2.75) is 45.6 Å². The first-order valence-corrected chi connectivity index (χ1v) is 12.1. The molecule has 0 atom stereocenters. The van der Waals surface area contributed by atoms with E-state index in [2.05, 4.69) is 10.0 Å². The highest BCUT2D eigenvalue weighted by molar-refractivity contribution is 7.92. The van der Waals surface area contributed by atoms with Crippen LogP contribution in [0.15, 0.2) is 35.7 Å². The lowest BCUT2D eigenvalue weighted by Gasteiger charge is -2.32. The van der Waals surface area contributed by atoms with E-state index >= 15 is 0 Å². The number of likely N-dealkylation sites (tertiary alicyclic amines) is 1. The second-order valence-electron chi connectivity index (χ2n) is 8.61. The minimum atomic E-state index is -3.60. The Labute approximate surface area is 185 Å². The highest BCUT2D eigenvalue weighted by atomic mass is 32.2. The molecule has 1 fully saturated rings. The number of sulfonamides is 1. The minimum Gasteiger partial charge on any atom is -0.444 e. The standard InChI is InChI=1S/C22H33N3O5S/c1-22(2,3)30-21(27)23-17-19-10-14-25(15-11-19)20(26)9-13-24-31(28,29)16-12-18-7-5-4-6-8-18/h4-8,12,16,19,24H,9-11,13-15,17H2,1-3H3,(H,23,27)/b16-12+. The summed E-state index contributed by atoms with van der Waals surface area (Å²) in [5.74, 6) is 0.214. The third-order valence-corrected chi connectivity index (χ3v) is 5.88. The van der Waals surface area contributed by atoms with Crippen LogP contribution in [0.4, 0.5) is 4.79 Å². The summed E-state index contributed by atoms with van der Waals surface area (Å²) in [5.41, 5.74) is 0.256. The van der Waals surface area contributed by atoms with Crippen LogP contribution in [0.3, 0.4) is 0 Å². The summed E-state index contributed by atoms with van der Waals surface area (Å²) in [6.45, 7) is 7.22. The number of ether oxygens (including phenoxy) is 1. The molecule has 0 bridgehead atoms. The van der Waals surface area contributed by atoms with Gasteiger partial charge in [-0.25, -0.2) is 17.9 Å². The molecule has 0 unspecified atom stereocenters. The van der Waals surface area contributed by atoms with Gasteiger partial charge in [0.15, 0.2) is 0 Å². The maximum atomic E-state index is 12.4. The number of nitrogens with zero attached hydrogens (tertiary/aromatic N) is 1. The monoisotopic (exact) mass is 451 g/mol. The number of hydrogen-bond acceptors (Lipinski definition) is 5. The highest BCUT2D eigenvalue weighted by Gasteiger charge is 2.24. The van der Waals surface area contributed by atoms with Crippen LogP contribution in [-0.4, -0.2) is 57.1 Å². The molecule has 0 aliphatic carbocycles. The van der Waals surface area contributed by atoms with E-state index < -0.39 is 21.7 Å². The van der Waals surface area contributed by atoms with E-state index in [1.54, 1.807) is 4.90 Å². The van der Waals surface area contributed by atoms with Gasteiger partial charge in [-0.2, -0.15) is 0 Å². The van der Waals surface area contributed by atoms with Crippen molar-refractivity contribution >= 4 is 28.1 Å². The summed E-state index contributed by atoms with van der Waals surface area (Å²) in [4.78, 5) is 25.9. The van der Waals surface area contributed by atoms with Crippen molar-refractivity contribution in [1.29, 1.82) is 0 Å². The number of benzene rings is 1. The van der Waals surface area contributed by atoms with Crippen molar-refractivity contribution in [2.75, 3.05) is 26.2 Å². The van der Waals surface area contributed by atoms with Crippen molar-refractivity contribution < 1.29 is 22.7 Å². The van der Waals surface area contributed by atoms with E-state index in [4.69, 9.17) is 4.74 Å². The van der Waals surface area contributed by atoms with Crippen molar-refractivity contribution in [1.82, 2.24) is 14.9 Å². The second kappa shape index (κ2) is 11.3. The van der Waals surface area contributed by atoms with Crippen LogP contribution in [0.25, 0.3) is 6.08 Å². The zero-order chi connectivity index (χ0) is 22.9. The fourth-order valence-electron chi connectivity index (χ4n) is 3.17. The molecule has 1 aromatic carbocycles. The summed E-state index contributed by atoms with van der Waals surface area (Å²) < 4.78 is 31.8. The molecule has 1 saturated heterocycles. The molecule has 1 aliphatic rings. The van der Waals surface area contributed by atoms with Crippen LogP contribution in [-0.2, 0) is 19.6 Å². The van der Waals surface area contributed by atoms with Crippen molar-refractivity contribution in [3.05, 3.63) is 41.3 Å². The lowest BCUT2D eigenvalue weighted by atomic mass is 9.96. The van der Waals surface area contributed by atoms with Gasteiger partial charge in [-0.15, -0.1) is 0 Å². The smallest absolute Gasteiger partial charge is 0.407 e. The van der Waals surface area contributed by atoms with Crippen LogP contribution in [0.2, 0.25) is 0 Å². The summed E-state index contributed by atoms with van der Waals surface area (Å²) in [6.07, 6.45) is 2.76. The Kier molecular flexibility index (Phi) is 9.06. The van der Waals surface area contributed by atoms with Gasteiger partial charge in [-0.05, 0) is 51.2 Å². The molecule has 2 N–H and O–H groups in total. The molecule has 9 heteroatoms. The Hall–Kier alpha value is -2.39. The first-order valence-electron chi connectivity index (χ1n) is 10.5. The predicted molar refractivity (Wildman–Crippen MR) is 121 cm³/mol. The van der Waals surface area contributed by atoms with Crippen molar-refractivity contribution in [3.8, 4) is 0 Å². The SMILES string of the molecule is CC(C)(C)OC(=O)NCC1CCN(C(=O)CCNS(=O)(=O)/C=C/c2ccccc2)CC1. The molecule has 31 heavy (non-hydrogen) atoms. The van der Waals surface area contributed by atoms with Crippen molar-refractivity contribution in [3.63, 3.8) is 0 Å². The molecule has 0 saturated carbocycles. The molecule has 0 spiro atoms. The van der Waals surface area contributed by atoms with E-state index in [1.165, 1.54) is 6.08 Å². The number of piperidine rings is 1. The Morgan fingerprint density at radius 3 is 2.42 bits per heavy atom. The van der Waals surface area contributed by atoms with Crippen LogP contribution in [0.5, 0.6) is 0 Å². The first-order chi connectivity index (χ1) is 14.5. The number of hydrogen-bond donors (Lipinski definition) is 2. The van der Waals surface area contributed by atoms with Crippen LogP contribution >= 0.6 is 0 Å². The topological polar surface area (TPSA) is 105 Å². The van der Waals surface area contributed by atoms with Gasteiger partial charge < -0.3 is 15.0 Å². The Morgan fingerprint density at radius 1 is 1.16 bits per heavy atom. The van der Waals surface area contributed by atoms with E-state index in [0.717, 1.165) is 23.8 Å². The summed E-state index contributed by atoms with van der Waals surface area (Å²) in [7, 11) is -3.60. The molecular weight excluding hydrogens is 418 g/mol. The molecular formula is C22H33N3O5S. The molecule has 1 heterocycles. The fourth-order valence-corrected chi connectivity index (χ4v) is 3.99. The number of alkyl carbamates (subject to hydrolysis) is 1.